The van der Waals surface area contributed by atoms with E-state index in [1.54, 1.807) is 0 Å². The average Bonchev–Trinajstić information content (AvgIpc) is 2.63. The molecular weight excluding hydrogens is 238 g/mol. The fraction of sp³-hybridized carbons (Fsp3) is 0.714. The molecule has 5 nitrogen and oxygen atoms in total. The largest absolute Gasteiger partial charge is 0.308 e. The number of rotatable bonds is 3. The van der Waals surface area contributed by atoms with Crippen LogP contribution < -0.4 is 11.3 Å². The third-order valence-corrected chi connectivity index (χ3v) is 3.77. The van der Waals surface area contributed by atoms with Gasteiger partial charge in [0.1, 0.15) is 5.84 Å². The highest BCUT2D eigenvalue weighted by molar-refractivity contribution is 5.99. The Bertz CT molecular complexity index is 427. The van der Waals surface area contributed by atoms with E-state index in [2.05, 4.69) is 17.4 Å². The van der Waals surface area contributed by atoms with Gasteiger partial charge in [0.05, 0.1) is 17.3 Å². The van der Waals surface area contributed by atoms with Gasteiger partial charge in [0.2, 0.25) is 0 Å². The number of aromatic nitrogens is 2. The number of nitrogens with zero attached hydrogens (tertiary/aromatic N) is 3. The summed E-state index contributed by atoms with van der Waals surface area (Å²) in [5.74, 6) is 6.46. The fourth-order valence-electron chi connectivity index (χ4n) is 2.75. The van der Waals surface area contributed by atoms with E-state index < -0.39 is 0 Å². The summed E-state index contributed by atoms with van der Waals surface area (Å²) in [5.41, 5.74) is 4.86. The molecule has 0 saturated heterocycles. The van der Waals surface area contributed by atoms with Gasteiger partial charge in [-0.2, -0.15) is 5.10 Å². The van der Waals surface area contributed by atoms with Gasteiger partial charge in [-0.05, 0) is 19.3 Å². The van der Waals surface area contributed by atoms with Crippen molar-refractivity contribution in [2.24, 2.45) is 17.9 Å². The molecule has 1 aromatic heterocycles. The quantitative estimate of drug-likeness (QED) is 0.288. The molecule has 0 atom stereocenters. The molecule has 3 N–H and O–H groups in total. The van der Waals surface area contributed by atoms with E-state index >= 15 is 0 Å². The van der Waals surface area contributed by atoms with E-state index in [1.165, 1.54) is 38.5 Å². The summed E-state index contributed by atoms with van der Waals surface area (Å²) in [6.45, 7) is 2.10. The second-order valence-corrected chi connectivity index (χ2v) is 5.28. The molecule has 0 unspecified atom stereocenters. The highest BCUT2D eigenvalue weighted by Crippen LogP contribution is 2.20. The molecule has 0 bridgehead atoms. The monoisotopic (exact) mass is 263 g/mol. The maximum Gasteiger partial charge on any atom is 0.146 e. The number of hydrogen-bond donors (Lipinski definition) is 2. The van der Waals surface area contributed by atoms with Crippen LogP contribution in [0.5, 0.6) is 0 Å². The lowest BCUT2D eigenvalue weighted by Gasteiger charge is -2.12. The average molecular weight is 263 g/mol. The zero-order valence-electron chi connectivity index (χ0n) is 12.0. The van der Waals surface area contributed by atoms with Gasteiger partial charge in [0.15, 0.2) is 0 Å². The first-order chi connectivity index (χ1) is 9.24. The minimum Gasteiger partial charge on any atom is -0.308 e. The molecule has 0 spiro atoms. The first-order valence-corrected chi connectivity index (χ1v) is 7.32. The number of hydrazine groups is 1. The van der Waals surface area contributed by atoms with Gasteiger partial charge in [-0.3, -0.25) is 9.67 Å². The van der Waals surface area contributed by atoms with Gasteiger partial charge in [-0.15, -0.1) is 0 Å². The Morgan fingerprint density at radius 1 is 1.42 bits per heavy atom. The van der Waals surface area contributed by atoms with Crippen LogP contribution in [-0.4, -0.2) is 21.7 Å². The standard InChI is InChI=1S/C14H25N5/c1-3-13-12(10-19(2)18-13)14(17-15)16-11-8-6-4-5-7-9-11/h10-11H,3-9,15H2,1-2H3,(H,16,17). The smallest absolute Gasteiger partial charge is 0.146 e. The SMILES string of the molecule is CCc1nn(C)cc1C(=NC1CCCCCC1)NN. The number of aliphatic imine (C=N–C) groups is 1. The molecule has 1 saturated carbocycles. The predicted octanol–water partition coefficient (Wildman–Crippen LogP) is 1.92. The molecule has 1 aliphatic carbocycles. The molecular formula is C14H25N5. The molecule has 1 heterocycles. The van der Waals surface area contributed by atoms with E-state index in [9.17, 15) is 0 Å². The summed E-state index contributed by atoms with van der Waals surface area (Å²) in [6, 6.07) is 0.401. The Morgan fingerprint density at radius 2 is 2.11 bits per heavy atom. The maximum absolute atomic E-state index is 5.68. The Kier molecular flexibility index (Phi) is 4.96. The van der Waals surface area contributed by atoms with Crippen LogP contribution in [0.2, 0.25) is 0 Å². The molecule has 0 aromatic carbocycles. The number of amidine groups is 1. The fourth-order valence-corrected chi connectivity index (χ4v) is 2.75. The number of nitrogens with one attached hydrogen (secondary N) is 1. The van der Waals surface area contributed by atoms with Crippen LogP contribution in [0.1, 0.15) is 56.7 Å². The van der Waals surface area contributed by atoms with E-state index in [-0.39, 0.29) is 0 Å². The zero-order valence-corrected chi connectivity index (χ0v) is 12.0. The Labute approximate surface area is 115 Å². The van der Waals surface area contributed by atoms with E-state index in [0.717, 1.165) is 23.5 Å². The highest BCUT2D eigenvalue weighted by Gasteiger charge is 2.16. The lowest BCUT2D eigenvalue weighted by molar-refractivity contribution is 0.583. The van der Waals surface area contributed by atoms with Crippen LogP contribution in [0.15, 0.2) is 11.2 Å². The summed E-state index contributed by atoms with van der Waals surface area (Å²) >= 11 is 0. The third-order valence-electron chi connectivity index (χ3n) is 3.77. The molecule has 19 heavy (non-hydrogen) atoms. The summed E-state index contributed by atoms with van der Waals surface area (Å²) in [4.78, 5) is 4.83. The Hall–Kier alpha value is -1.36. The van der Waals surface area contributed by atoms with Gasteiger partial charge in [-0.25, -0.2) is 5.84 Å². The lowest BCUT2D eigenvalue weighted by Crippen LogP contribution is -2.33. The Morgan fingerprint density at radius 3 is 2.68 bits per heavy atom. The van der Waals surface area contributed by atoms with Crippen molar-refractivity contribution in [2.45, 2.75) is 57.9 Å². The van der Waals surface area contributed by atoms with Crippen molar-refractivity contribution in [3.63, 3.8) is 0 Å². The third kappa shape index (κ3) is 3.56. The molecule has 0 radical (unpaired) electrons. The first kappa shape index (κ1) is 14.1. The summed E-state index contributed by atoms with van der Waals surface area (Å²) < 4.78 is 1.83. The van der Waals surface area contributed by atoms with Crippen LogP contribution in [0.3, 0.4) is 0 Å². The summed E-state index contributed by atoms with van der Waals surface area (Å²) in [6.07, 6.45) is 10.5. The van der Waals surface area contributed by atoms with E-state index in [4.69, 9.17) is 10.8 Å². The van der Waals surface area contributed by atoms with E-state index in [1.807, 2.05) is 17.9 Å². The number of aryl methyl sites for hydroxylation is 2. The van der Waals surface area contributed by atoms with Gasteiger partial charge in [-0.1, -0.05) is 32.6 Å². The van der Waals surface area contributed by atoms with Crippen LogP contribution in [0.25, 0.3) is 0 Å². The maximum atomic E-state index is 5.68. The lowest BCUT2D eigenvalue weighted by atomic mass is 10.1. The van der Waals surface area contributed by atoms with Crippen LogP contribution in [0, 0.1) is 0 Å². The second kappa shape index (κ2) is 6.70. The summed E-state index contributed by atoms with van der Waals surface area (Å²) in [5, 5.41) is 4.45. The van der Waals surface area contributed by atoms with Crippen molar-refractivity contribution < 1.29 is 0 Å². The molecule has 0 aliphatic heterocycles. The summed E-state index contributed by atoms with van der Waals surface area (Å²) in [7, 11) is 1.93. The van der Waals surface area contributed by atoms with Gasteiger partial charge in [0, 0.05) is 13.2 Å². The molecule has 1 aliphatic rings. The van der Waals surface area contributed by atoms with E-state index in [0.29, 0.717) is 6.04 Å². The minimum atomic E-state index is 0.401. The van der Waals surface area contributed by atoms with Gasteiger partial charge >= 0.3 is 0 Å². The molecule has 5 heteroatoms. The van der Waals surface area contributed by atoms with Crippen LogP contribution >= 0.6 is 0 Å². The van der Waals surface area contributed by atoms with Gasteiger partial charge < -0.3 is 5.43 Å². The molecule has 2 rings (SSSR count). The van der Waals surface area contributed by atoms with Crippen molar-refractivity contribution in [1.29, 1.82) is 0 Å². The predicted molar refractivity (Wildman–Crippen MR) is 77.9 cm³/mol. The Balaban J connectivity index is 2.21. The number of nitrogens with two attached hydrogens (primary N) is 1. The van der Waals surface area contributed by atoms with Crippen molar-refractivity contribution in [2.75, 3.05) is 0 Å². The topological polar surface area (TPSA) is 68.2 Å². The van der Waals surface area contributed by atoms with Crippen molar-refractivity contribution in [1.82, 2.24) is 15.2 Å². The molecule has 1 fully saturated rings. The van der Waals surface area contributed by atoms with Crippen molar-refractivity contribution >= 4 is 5.84 Å². The minimum absolute atomic E-state index is 0.401. The van der Waals surface area contributed by atoms with Crippen molar-refractivity contribution in [3.05, 3.63) is 17.5 Å². The van der Waals surface area contributed by atoms with Crippen molar-refractivity contribution in [3.8, 4) is 0 Å². The highest BCUT2D eigenvalue weighted by atomic mass is 15.3. The molecule has 106 valence electrons. The molecule has 0 amide bonds. The van der Waals surface area contributed by atoms with Crippen LogP contribution in [0.4, 0.5) is 0 Å². The first-order valence-electron chi connectivity index (χ1n) is 7.32. The normalized spacial score (nSPS) is 18.4. The van der Waals surface area contributed by atoms with Crippen LogP contribution in [-0.2, 0) is 13.5 Å². The zero-order chi connectivity index (χ0) is 13.7. The number of hydrogen-bond acceptors (Lipinski definition) is 3. The van der Waals surface area contributed by atoms with Gasteiger partial charge in [0.25, 0.3) is 0 Å². The molecule has 1 aromatic rings. The second-order valence-electron chi connectivity index (χ2n) is 5.28.